The van der Waals surface area contributed by atoms with Gasteiger partial charge < -0.3 is 15.7 Å². The van der Waals surface area contributed by atoms with Crippen LogP contribution in [-0.2, 0) is 6.54 Å². The normalized spacial score (nSPS) is 13.3. The van der Waals surface area contributed by atoms with E-state index in [-0.39, 0.29) is 24.9 Å². The van der Waals surface area contributed by atoms with Gasteiger partial charge in [0.25, 0.3) is 5.69 Å². The first kappa shape index (κ1) is 16.9. The molecule has 2 amide bonds. The van der Waals surface area contributed by atoms with E-state index in [0.717, 1.165) is 12.0 Å². The van der Waals surface area contributed by atoms with Gasteiger partial charge >= 0.3 is 6.03 Å². The number of aliphatic hydroxyl groups excluding tert-OH is 1. The Bertz CT molecular complexity index is 489. The Balaban J connectivity index is 2.51. The van der Waals surface area contributed by atoms with Gasteiger partial charge in [0.1, 0.15) is 0 Å². The van der Waals surface area contributed by atoms with Crippen LogP contribution in [0.25, 0.3) is 0 Å². The molecule has 7 heteroatoms. The van der Waals surface area contributed by atoms with Crippen molar-refractivity contribution in [2.75, 3.05) is 6.61 Å². The molecule has 1 aromatic carbocycles. The fourth-order valence-corrected chi connectivity index (χ4v) is 1.97. The molecule has 0 fully saturated rings. The molecule has 0 saturated carbocycles. The summed E-state index contributed by atoms with van der Waals surface area (Å²) in [5, 5.41) is 25.3. The van der Waals surface area contributed by atoms with Crippen LogP contribution in [0.5, 0.6) is 0 Å². The summed E-state index contributed by atoms with van der Waals surface area (Å²) in [6.07, 6.45) is 1.52. The van der Waals surface area contributed by atoms with Crippen molar-refractivity contribution in [1.82, 2.24) is 10.6 Å². The van der Waals surface area contributed by atoms with Crippen LogP contribution in [-0.4, -0.2) is 28.2 Å². The van der Waals surface area contributed by atoms with E-state index >= 15 is 0 Å². The topological polar surface area (TPSA) is 104 Å². The van der Waals surface area contributed by atoms with Gasteiger partial charge in [0.05, 0.1) is 17.1 Å². The monoisotopic (exact) mass is 295 g/mol. The lowest BCUT2D eigenvalue weighted by Gasteiger charge is -2.28. The highest BCUT2D eigenvalue weighted by Gasteiger charge is 2.24. The average molecular weight is 295 g/mol. The Kier molecular flexibility index (Phi) is 6.10. The molecule has 0 aromatic heterocycles. The molecule has 0 bridgehead atoms. The number of amides is 2. The number of aliphatic hydroxyl groups is 1. The molecule has 0 aliphatic rings. The fraction of sp³-hybridized carbons (Fsp3) is 0.500. The second-order valence-electron chi connectivity index (χ2n) is 5.20. The predicted molar refractivity (Wildman–Crippen MR) is 78.9 cm³/mol. The molecule has 0 heterocycles. The van der Waals surface area contributed by atoms with Crippen LogP contribution in [0, 0.1) is 10.1 Å². The van der Waals surface area contributed by atoms with Crippen molar-refractivity contribution in [2.24, 2.45) is 0 Å². The summed E-state index contributed by atoms with van der Waals surface area (Å²) in [6, 6.07) is 5.59. The maximum atomic E-state index is 11.8. The van der Waals surface area contributed by atoms with E-state index in [1.54, 1.807) is 19.1 Å². The number of carbonyl (C=O) groups excluding carboxylic acids is 1. The number of benzene rings is 1. The number of hydrogen-bond acceptors (Lipinski definition) is 4. The largest absolute Gasteiger partial charge is 0.394 e. The third-order valence-corrected chi connectivity index (χ3v) is 3.17. The Labute approximate surface area is 123 Å². The first-order chi connectivity index (χ1) is 9.90. The predicted octanol–water partition coefficient (Wildman–Crippen LogP) is 1.95. The van der Waals surface area contributed by atoms with Crippen LogP contribution in [0.2, 0.25) is 0 Å². The fourth-order valence-electron chi connectivity index (χ4n) is 1.97. The molecule has 1 rings (SSSR count). The quantitative estimate of drug-likeness (QED) is 0.528. The van der Waals surface area contributed by atoms with Crippen molar-refractivity contribution in [1.29, 1.82) is 0 Å². The standard InChI is InChI=1S/C14H21N3O4/c1-3-8-14(2,10-18)16-13(19)15-9-11-4-6-12(7-5-11)17(20)21/h4-7,18H,3,8-10H2,1-2H3,(H2,15,16,19). The van der Waals surface area contributed by atoms with E-state index in [4.69, 9.17) is 0 Å². The highest BCUT2D eigenvalue weighted by atomic mass is 16.6. The number of nitro benzene ring substituents is 1. The summed E-state index contributed by atoms with van der Waals surface area (Å²) in [4.78, 5) is 21.9. The zero-order valence-corrected chi connectivity index (χ0v) is 12.3. The Hall–Kier alpha value is -2.15. The minimum atomic E-state index is -0.645. The van der Waals surface area contributed by atoms with Gasteiger partial charge in [-0.2, -0.15) is 0 Å². The molecule has 3 N–H and O–H groups in total. The number of rotatable bonds is 7. The first-order valence-corrected chi connectivity index (χ1v) is 6.80. The third-order valence-electron chi connectivity index (χ3n) is 3.17. The average Bonchev–Trinajstić information content (AvgIpc) is 2.45. The molecule has 0 aliphatic heterocycles. The van der Waals surface area contributed by atoms with Gasteiger partial charge in [-0.1, -0.05) is 25.5 Å². The smallest absolute Gasteiger partial charge is 0.315 e. The third kappa shape index (κ3) is 5.39. The Morgan fingerprint density at radius 1 is 1.38 bits per heavy atom. The molecular weight excluding hydrogens is 274 g/mol. The molecule has 116 valence electrons. The van der Waals surface area contributed by atoms with Crippen LogP contribution >= 0.6 is 0 Å². The summed E-state index contributed by atoms with van der Waals surface area (Å²) >= 11 is 0. The molecule has 1 atom stereocenters. The lowest BCUT2D eigenvalue weighted by molar-refractivity contribution is -0.384. The molecular formula is C14H21N3O4. The number of nitrogens with one attached hydrogen (secondary N) is 2. The second-order valence-corrected chi connectivity index (χ2v) is 5.20. The van der Waals surface area contributed by atoms with Crippen LogP contribution in [0.15, 0.2) is 24.3 Å². The maximum absolute atomic E-state index is 11.8. The van der Waals surface area contributed by atoms with Gasteiger partial charge in [0.2, 0.25) is 0 Å². The number of non-ortho nitro benzene ring substituents is 1. The highest BCUT2D eigenvalue weighted by Crippen LogP contribution is 2.12. The van der Waals surface area contributed by atoms with Crippen molar-refractivity contribution in [2.45, 2.75) is 38.8 Å². The Morgan fingerprint density at radius 2 is 2.00 bits per heavy atom. The molecule has 1 aromatic rings. The molecule has 1 unspecified atom stereocenters. The van der Waals surface area contributed by atoms with Gasteiger partial charge in [-0.3, -0.25) is 10.1 Å². The van der Waals surface area contributed by atoms with E-state index in [0.29, 0.717) is 6.42 Å². The summed E-state index contributed by atoms with van der Waals surface area (Å²) in [5.74, 6) is 0. The number of nitro groups is 1. The second kappa shape index (κ2) is 7.58. The molecule has 21 heavy (non-hydrogen) atoms. The number of hydrogen-bond donors (Lipinski definition) is 3. The van der Waals surface area contributed by atoms with E-state index in [1.165, 1.54) is 12.1 Å². The number of nitrogens with zero attached hydrogens (tertiary/aromatic N) is 1. The van der Waals surface area contributed by atoms with Crippen molar-refractivity contribution in [3.63, 3.8) is 0 Å². The van der Waals surface area contributed by atoms with Crippen LogP contribution < -0.4 is 10.6 Å². The van der Waals surface area contributed by atoms with E-state index in [9.17, 15) is 20.0 Å². The summed E-state index contributed by atoms with van der Waals surface area (Å²) in [6.45, 7) is 3.88. The van der Waals surface area contributed by atoms with Crippen molar-refractivity contribution >= 4 is 11.7 Å². The summed E-state index contributed by atoms with van der Waals surface area (Å²) in [7, 11) is 0. The molecule has 7 nitrogen and oxygen atoms in total. The van der Waals surface area contributed by atoms with E-state index in [1.807, 2.05) is 6.92 Å². The lowest BCUT2D eigenvalue weighted by Crippen LogP contribution is -2.52. The van der Waals surface area contributed by atoms with Crippen LogP contribution in [0.3, 0.4) is 0 Å². The summed E-state index contributed by atoms with van der Waals surface area (Å²) < 4.78 is 0. The van der Waals surface area contributed by atoms with Gasteiger partial charge in [0.15, 0.2) is 0 Å². The lowest BCUT2D eigenvalue weighted by atomic mass is 9.98. The van der Waals surface area contributed by atoms with Gasteiger partial charge in [0, 0.05) is 18.7 Å². The molecule has 0 saturated heterocycles. The number of carbonyl (C=O) groups is 1. The van der Waals surface area contributed by atoms with Crippen molar-refractivity contribution in [3.05, 3.63) is 39.9 Å². The molecule has 0 radical (unpaired) electrons. The van der Waals surface area contributed by atoms with Gasteiger partial charge in [-0.15, -0.1) is 0 Å². The molecule has 0 spiro atoms. The maximum Gasteiger partial charge on any atom is 0.315 e. The van der Waals surface area contributed by atoms with Crippen LogP contribution in [0.4, 0.5) is 10.5 Å². The first-order valence-electron chi connectivity index (χ1n) is 6.80. The summed E-state index contributed by atoms with van der Waals surface area (Å²) in [5.41, 5.74) is 0.129. The zero-order valence-electron chi connectivity index (χ0n) is 12.3. The van der Waals surface area contributed by atoms with Crippen LogP contribution in [0.1, 0.15) is 32.3 Å². The van der Waals surface area contributed by atoms with E-state index < -0.39 is 10.5 Å². The number of urea groups is 1. The van der Waals surface area contributed by atoms with Crippen molar-refractivity contribution < 1.29 is 14.8 Å². The van der Waals surface area contributed by atoms with Gasteiger partial charge in [-0.25, -0.2) is 4.79 Å². The minimum absolute atomic E-state index is 0.0130. The molecule has 0 aliphatic carbocycles. The van der Waals surface area contributed by atoms with E-state index in [2.05, 4.69) is 10.6 Å². The van der Waals surface area contributed by atoms with Crippen molar-refractivity contribution in [3.8, 4) is 0 Å². The zero-order chi connectivity index (χ0) is 15.9. The highest BCUT2D eigenvalue weighted by molar-refractivity contribution is 5.74. The van der Waals surface area contributed by atoms with Gasteiger partial charge in [-0.05, 0) is 18.9 Å². The SMILES string of the molecule is CCCC(C)(CO)NC(=O)NCc1ccc([N+](=O)[O-])cc1. The Morgan fingerprint density at radius 3 is 2.48 bits per heavy atom. The minimum Gasteiger partial charge on any atom is -0.394 e.